The van der Waals surface area contributed by atoms with Crippen LogP contribution in [0.1, 0.15) is 26.3 Å². The number of benzene rings is 2. The quantitative estimate of drug-likeness (QED) is 0.870. The van der Waals surface area contributed by atoms with Crippen molar-refractivity contribution in [3.05, 3.63) is 70.2 Å². The summed E-state index contributed by atoms with van der Waals surface area (Å²) in [6.07, 6.45) is 0.716. The maximum Gasteiger partial charge on any atom is 0.251 e. The molecule has 2 aromatic carbocycles. The van der Waals surface area contributed by atoms with Gasteiger partial charge in [0.15, 0.2) is 0 Å². The van der Waals surface area contributed by atoms with Crippen LogP contribution in [0.25, 0.3) is 0 Å². The zero-order valence-electron chi connectivity index (χ0n) is 10.1. The Balaban J connectivity index is 2.03. The molecule has 4 heteroatoms. The summed E-state index contributed by atoms with van der Waals surface area (Å²) in [6, 6.07) is 13.8. The van der Waals surface area contributed by atoms with E-state index in [1.807, 2.05) is 12.1 Å². The SMILES string of the molecule is O=Cc1cccc(C(=O)NCc2cccc(Cl)c2)c1. The summed E-state index contributed by atoms with van der Waals surface area (Å²) in [5.41, 5.74) is 1.87. The minimum atomic E-state index is -0.219. The summed E-state index contributed by atoms with van der Waals surface area (Å²) in [6.45, 7) is 0.394. The van der Waals surface area contributed by atoms with Crippen molar-refractivity contribution in [2.45, 2.75) is 6.54 Å². The molecule has 96 valence electrons. The van der Waals surface area contributed by atoms with E-state index >= 15 is 0 Å². The van der Waals surface area contributed by atoms with E-state index in [0.717, 1.165) is 5.56 Å². The summed E-state index contributed by atoms with van der Waals surface area (Å²) in [4.78, 5) is 22.6. The lowest BCUT2D eigenvalue weighted by Gasteiger charge is -2.06. The molecule has 0 aliphatic heterocycles. The first kappa shape index (κ1) is 13.3. The molecule has 0 bridgehead atoms. The molecule has 0 heterocycles. The second kappa shape index (κ2) is 6.16. The Labute approximate surface area is 116 Å². The van der Waals surface area contributed by atoms with Crippen molar-refractivity contribution in [1.82, 2.24) is 5.32 Å². The monoisotopic (exact) mass is 273 g/mol. The third kappa shape index (κ3) is 3.66. The van der Waals surface area contributed by atoms with Crippen LogP contribution in [0.2, 0.25) is 5.02 Å². The molecule has 2 rings (SSSR count). The molecule has 0 fully saturated rings. The minimum absolute atomic E-state index is 0.219. The maximum absolute atomic E-state index is 11.9. The van der Waals surface area contributed by atoms with E-state index in [1.165, 1.54) is 0 Å². The molecule has 0 spiro atoms. The summed E-state index contributed by atoms with van der Waals surface area (Å²) in [5.74, 6) is -0.219. The van der Waals surface area contributed by atoms with Crippen LogP contribution in [0.4, 0.5) is 0 Å². The van der Waals surface area contributed by atoms with E-state index in [1.54, 1.807) is 36.4 Å². The van der Waals surface area contributed by atoms with Crippen LogP contribution < -0.4 is 5.32 Å². The summed E-state index contributed by atoms with van der Waals surface area (Å²) in [7, 11) is 0. The molecule has 0 saturated carbocycles. The van der Waals surface area contributed by atoms with Crippen molar-refractivity contribution in [3.8, 4) is 0 Å². The molecule has 0 aliphatic carbocycles. The van der Waals surface area contributed by atoms with Crippen molar-refractivity contribution >= 4 is 23.8 Å². The summed E-state index contributed by atoms with van der Waals surface area (Å²) < 4.78 is 0. The zero-order chi connectivity index (χ0) is 13.7. The number of carbonyl (C=O) groups is 2. The third-order valence-electron chi connectivity index (χ3n) is 2.63. The van der Waals surface area contributed by atoms with Gasteiger partial charge in [-0.15, -0.1) is 0 Å². The molecule has 2 aromatic rings. The molecule has 1 amide bonds. The van der Waals surface area contributed by atoms with Crippen molar-refractivity contribution in [2.75, 3.05) is 0 Å². The third-order valence-corrected chi connectivity index (χ3v) is 2.86. The van der Waals surface area contributed by atoms with E-state index in [4.69, 9.17) is 11.6 Å². The van der Waals surface area contributed by atoms with Crippen LogP contribution in [0.5, 0.6) is 0 Å². The van der Waals surface area contributed by atoms with E-state index in [9.17, 15) is 9.59 Å². The van der Waals surface area contributed by atoms with Crippen molar-refractivity contribution < 1.29 is 9.59 Å². The lowest BCUT2D eigenvalue weighted by atomic mass is 10.1. The van der Waals surface area contributed by atoms with Gasteiger partial charge >= 0.3 is 0 Å². The predicted octanol–water partition coefficient (Wildman–Crippen LogP) is 3.08. The highest BCUT2D eigenvalue weighted by molar-refractivity contribution is 6.30. The van der Waals surface area contributed by atoms with Crippen LogP contribution in [-0.2, 0) is 6.54 Å². The average molecular weight is 274 g/mol. The second-order valence-corrected chi connectivity index (χ2v) is 4.49. The maximum atomic E-state index is 11.9. The minimum Gasteiger partial charge on any atom is -0.348 e. The molecular weight excluding hydrogens is 262 g/mol. The molecule has 0 saturated heterocycles. The standard InChI is InChI=1S/C15H12ClNO2/c16-14-6-2-3-11(8-14)9-17-15(19)13-5-1-4-12(7-13)10-18/h1-8,10H,9H2,(H,17,19). The molecule has 0 radical (unpaired) electrons. The molecule has 0 atom stereocenters. The Morgan fingerprint density at radius 1 is 1.16 bits per heavy atom. The number of hydrogen-bond acceptors (Lipinski definition) is 2. The van der Waals surface area contributed by atoms with Crippen LogP contribution in [0.3, 0.4) is 0 Å². The first-order valence-corrected chi connectivity index (χ1v) is 6.15. The molecule has 0 unspecified atom stereocenters. The highest BCUT2D eigenvalue weighted by atomic mass is 35.5. The number of hydrogen-bond donors (Lipinski definition) is 1. The van der Waals surface area contributed by atoms with Gasteiger partial charge in [0, 0.05) is 22.7 Å². The van der Waals surface area contributed by atoms with Gasteiger partial charge in [-0.3, -0.25) is 9.59 Å². The van der Waals surface area contributed by atoms with Gasteiger partial charge in [-0.25, -0.2) is 0 Å². The topological polar surface area (TPSA) is 46.2 Å². The number of carbonyl (C=O) groups excluding carboxylic acids is 2. The molecule has 0 aromatic heterocycles. The zero-order valence-corrected chi connectivity index (χ0v) is 10.9. The van der Waals surface area contributed by atoms with Gasteiger partial charge in [0.05, 0.1) is 0 Å². The lowest BCUT2D eigenvalue weighted by molar-refractivity contribution is 0.0951. The molecule has 3 nitrogen and oxygen atoms in total. The fraction of sp³-hybridized carbons (Fsp3) is 0.0667. The van der Waals surface area contributed by atoms with Crippen molar-refractivity contribution in [3.63, 3.8) is 0 Å². The van der Waals surface area contributed by atoms with Crippen LogP contribution in [0, 0.1) is 0 Å². The van der Waals surface area contributed by atoms with Gasteiger partial charge < -0.3 is 5.32 Å². The predicted molar refractivity (Wildman–Crippen MR) is 74.5 cm³/mol. The Bertz CT molecular complexity index is 611. The average Bonchev–Trinajstić information content (AvgIpc) is 2.45. The largest absolute Gasteiger partial charge is 0.348 e. The fourth-order valence-electron chi connectivity index (χ4n) is 1.68. The molecule has 0 aliphatic rings. The first-order valence-electron chi connectivity index (χ1n) is 5.77. The Morgan fingerprint density at radius 2 is 1.95 bits per heavy atom. The summed E-state index contributed by atoms with van der Waals surface area (Å²) >= 11 is 5.87. The van der Waals surface area contributed by atoms with Gasteiger partial charge in [0.2, 0.25) is 0 Å². The highest BCUT2D eigenvalue weighted by Gasteiger charge is 2.05. The number of nitrogens with one attached hydrogen (secondary N) is 1. The van der Waals surface area contributed by atoms with Gasteiger partial charge in [-0.05, 0) is 29.8 Å². The van der Waals surface area contributed by atoms with Gasteiger partial charge in [-0.1, -0.05) is 35.9 Å². The van der Waals surface area contributed by atoms with Gasteiger partial charge in [0.25, 0.3) is 5.91 Å². The first-order chi connectivity index (χ1) is 9.19. The van der Waals surface area contributed by atoms with Gasteiger partial charge in [0.1, 0.15) is 6.29 Å². The normalized spacial score (nSPS) is 9.95. The molecule has 19 heavy (non-hydrogen) atoms. The highest BCUT2D eigenvalue weighted by Crippen LogP contribution is 2.10. The smallest absolute Gasteiger partial charge is 0.251 e. The van der Waals surface area contributed by atoms with E-state index in [-0.39, 0.29) is 5.91 Å². The van der Waals surface area contributed by atoms with Crippen LogP contribution in [-0.4, -0.2) is 12.2 Å². The van der Waals surface area contributed by atoms with Gasteiger partial charge in [-0.2, -0.15) is 0 Å². The fourth-order valence-corrected chi connectivity index (χ4v) is 1.90. The lowest BCUT2D eigenvalue weighted by Crippen LogP contribution is -2.22. The Hall–Kier alpha value is -2.13. The van der Waals surface area contributed by atoms with E-state index in [2.05, 4.69) is 5.32 Å². The number of rotatable bonds is 4. The van der Waals surface area contributed by atoms with Crippen LogP contribution >= 0.6 is 11.6 Å². The second-order valence-electron chi connectivity index (χ2n) is 4.06. The van der Waals surface area contributed by atoms with Crippen molar-refractivity contribution in [1.29, 1.82) is 0 Å². The van der Waals surface area contributed by atoms with E-state index in [0.29, 0.717) is 29.0 Å². The number of halogens is 1. The summed E-state index contributed by atoms with van der Waals surface area (Å²) in [5, 5.41) is 3.41. The Morgan fingerprint density at radius 3 is 2.68 bits per heavy atom. The van der Waals surface area contributed by atoms with Crippen molar-refractivity contribution in [2.24, 2.45) is 0 Å². The number of amides is 1. The molecule has 1 N–H and O–H groups in total. The van der Waals surface area contributed by atoms with E-state index < -0.39 is 0 Å². The molecular formula is C15H12ClNO2. The Kier molecular flexibility index (Phi) is 4.31. The van der Waals surface area contributed by atoms with Crippen LogP contribution in [0.15, 0.2) is 48.5 Å². The number of aldehydes is 1.